The van der Waals surface area contributed by atoms with Gasteiger partial charge >= 0.3 is 0 Å². The summed E-state index contributed by atoms with van der Waals surface area (Å²) < 4.78 is 28.9. The van der Waals surface area contributed by atoms with Crippen molar-refractivity contribution in [3.05, 3.63) is 29.4 Å². The number of sulfonamides is 1. The third-order valence-corrected chi connectivity index (χ3v) is 7.19. The standard InChI is InChI=1S/C14H21N5O2S2/c1-17(2)10-12-11-19(16-15-12)13-5-7-18(8-6-13)23(20,21)14-4-3-9-22-14/h3-4,9,11,13H,5-8,10H2,1-2H3. The molecule has 1 saturated heterocycles. The van der Waals surface area contributed by atoms with Gasteiger partial charge in [0.05, 0.1) is 17.9 Å². The van der Waals surface area contributed by atoms with Gasteiger partial charge in [0.1, 0.15) is 4.21 Å². The zero-order valence-electron chi connectivity index (χ0n) is 13.3. The van der Waals surface area contributed by atoms with Crippen molar-refractivity contribution in [3.63, 3.8) is 0 Å². The van der Waals surface area contributed by atoms with E-state index in [1.807, 2.05) is 29.9 Å². The van der Waals surface area contributed by atoms with E-state index in [-0.39, 0.29) is 6.04 Å². The van der Waals surface area contributed by atoms with Crippen LogP contribution < -0.4 is 0 Å². The Hall–Kier alpha value is -1.29. The maximum Gasteiger partial charge on any atom is 0.252 e. The Balaban J connectivity index is 1.63. The van der Waals surface area contributed by atoms with Crippen LogP contribution in [0, 0.1) is 0 Å². The predicted molar refractivity (Wildman–Crippen MR) is 88.8 cm³/mol. The highest BCUT2D eigenvalue weighted by Gasteiger charge is 2.31. The second-order valence-corrected chi connectivity index (χ2v) is 9.11. The molecule has 3 heterocycles. The average Bonchev–Trinajstić information content (AvgIpc) is 3.18. The van der Waals surface area contributed by atoms with Crippen LogP contribution >= 0.6 is 11.3 Å². The van der Waals surface area contributed by atoms with Crippen molar-refractivity contribution in [2.24, 2.45) is 0 Å². The third-order valence-electron chi connectivity index (χ3n) is 3.92. The topological polar surface area (TPSA) is 71.3 Å². The van der Waals surface area contributed by atoms with Gasteiger partial charge < -0.3 is 4.90 Å². The van der Waals surface area contributed by atoms with E-state index in [1.54, 1.807) is 21.8 Å². The lowest BCUT2D eigenvalue weighted by molar-refractivity contribution is 0.258. The summed E-state index contributed by atoms with van der Waals surface area (Å²) in [6.07, 6.45) is 3.48. The first kappa shape index (κ1) is 16.6. The number of piperidine rings is 1. The average molecular weight is 355 g/mol. The summed E-state index contributed by atoms with van der Waals surface area (Å²) in [6, 6.07) is 3.65. The second kappa shape index (κ2) is 6.68. The molecule has 0 unspecified atom stereocenters. The molecule has 1 aliphatic heterocycles. The van der Waals surface area contributed by atoms with Crippen molar-refractivity contribution >= 4 is 21.4 Å². The Bertz CT molecular complexity index is 731. The van der Waals surface area contributed by atoms with Gasteiger partial charge in [-0.3, -0.25) is 0 Å². The van der Waals surface area contributed by atoms with Crippen molar-refractivity contribution in [2.45, 2.75) is 29.6 Å². The first-order valence-electron chi connectivity index (χ1n) is 7.56. The third kappa shape index (κ3) is 3.63. The second-order valence-electron chi connectivity index (χ2n) is 6.00. The SMILES string of the molecule is CN(C)Cc1cn(C2CCN(S(=O)(=O)c3cccs3)CC2)nn1. The molecule has 2 aromatic rings. The Labute approximate surface area is 140 Å². The van der Waals surface area contributed by atoms with E-state index >= 15 is 0 Å². The summed E-state index contributed by atoms with van der Waals surface area (Å²) in [5.74, 6) is 0. The molecule has 0 aromatic carbocycles. The fraction of sp³-hybridized carbons (Fsp3) is 0.571. The lowest BCUT2D eigenvalue weighted by atomic mass is 10.1. The number of hydrogen-bond donors (Lipinski definition) is 0. The summed E-state index contributed by atoms with van der Waals surface area (Å²) in [5, 5.41) is 10.2. The molecule has 1 aliphatic rings. The zero-order valence-corrected chi connectivity index (χ0v) is 14.9. The quantitative estimate of drug-likeness (QED) is 0.811. The Morgan fingerprint density at radius 2 is 2.09 bits per heavy atom. The Morgan fingerprint density at radius 1 is 1.35 bits per heavy atom. The zero-order chi connectivity index (χ0) is 16.4. The highest BCUT2D eigenvalue weighted by molar-refractivity contribution is 7.91. The Kier molecular flexibility index (Phi) is 4.81. The van der Waals surface area contributed by atoms with Crippen LogP contribution in [0.25, 0.3) is 0 Å². The normalized spacial score (nSPS) is 17.9. The summed E-state index contributed by atoms with van der Waals surface area (Å²) in [5.41, 5.74) is 0.934. The van der Waals surface area contributed by atoms with Crippen molar-refractivity contribution in [2.75, 3.05) is 27.2 Å². The molecule has 0 radical (unpaired) electrons. The van der Waals surface area contributed by atoms with Crippen LogP contribution in [-0.2, 0) is 16.6 Å². The van der Waals surface area contributed by atoms with E-state index in [1.165, 1.54) is 11.3 Å². The summed E-state index contributed by atoms with van der Waals surface area (Å²) in [7, 11) is 0.651. The summed E-state index contributed by atoms with van der Waals surface area (Å²) in [4.78, 5) is 2.05. The first-order chi connectivity index (χ1) is 11.0. The van der Waals surface area contributed by atoms with Gasteiger partial charge in [0.15, 0.2) is 0 Å². The van der Waals surface area contributed by atoms with E-state index in [2.05, 4.69) is 10.3 Å². The van der Waals surface area contributed by atoms with Gasteiger partial charge in [-0.05, 0) is 38.4 Å². The molecule has 2 aromatic heterocycles. The molecule has 23 heavy (non-hydrogen) atoms. The molecule has 9 heteroatoms. The number of thiophene rings is 1. The van der Waals surface area contributed by atoms with E-state index < -0.39 is 10.0 Å². The largest absolute Gasteiger partial charge is 0.303 e. The molecular weight excluding hydrogens is 334 g/mol. The van der Waals surface area contributed by atoms with Crippen LogP contribution in [-0.4, -0.2) is 59.8 Å². The Morgan fingerprint density at radius 3 is 2.70 bits per heavy atom. The van der Waals surface area contributed by atoms with E-state index in [4.69, 9.17) is 0 Å². The van der Waals surface area contributed by atoms with Gasteiger partial charge in [-0.1, -0.05) is 11.3 Å². The van der Waals surface area contributed by atoms with Gasteiger partial charge in [-0.15, -0.1) is 16.4 Å². The molecule has 126 valence electrons. The number of rotatable bonds is 5. The fourth-order valence-electron chi connectivity index (χ4n) is 2.77. The van der Waals surface area contributed by atoms with Gasteiger partial charge in [-0.2, -0.15) is 4.31 Å². The molecule has 0 bridgehead atoms. The van der Waals surface area contributed by atoms with E-state index in [9.17, 15) is 8.42 Å². The van der Waals surface area contributed by atoms with Gasteiger partial charge in [0.25, 0.3) is 10.0 Å². The number of nitrogens with zero attached hydrogens (tertiary/aromatic N) is 5. The van der Waals surface area contributed by atoms with Crippen LogP contribution in [0.3, 0.4) is 0 Å². The van der Waals surface area contributed by atoms with Gasteiger partial charge in [0, 0.05) is 19.6 Å². The molecule has 0 saturated carbocycles. The maximum absolute atomic E-state index is 12.5. The van der Waals surface area contributed by atoms with Crippen molar-refractivity contribution in [3.8, 4) is 0 Å². The van der Waals surface area contributed by atoms with Crippen LogP contribution in [0.4, 0.5) is 0 Å². The van der Waals surface area contributed by atoms with Crippen LogP contribution in [0.2, 0.25) is 0 Å². The van der Waals surface area contributed by atoms with Gasteiger partial charge in [-0.25, -0.2) is 13.1 Å². The molecule has 0 aliphatic carbocycles. The summed E-state index contributed by atoms with van der Waals surface area (Å²) >= 11 is 1.27. The molecule has 1 fully saturated rings. The smallest absolute Gasteiger partial charge is 0.252 e. The highest BCUT2D eigenvalue weighted by Crippen LogP contribution is 2.28. The summed E-state index contributed by atoms with van der Waals surface area (Å²) in [6.45, 7) is 1.80. The predicted octanol–water partition coefficient (Wildman–Crippen LogP) is 1.43. The molecule has 0 spiro atoms. The fourth-order valence-corrected chi connectivity index (χ4v) is 5.39. The van der Waals surface area contributed by atoms with Crippen molar-refractivity contribution in [1.82, 2.24) is 24.2 Å². The molecule has 0 atom stereocenters. The molecule has 0 N–H and O–H groups in total. The molecule has 3 rings (SSSR count). The molecule has 0 amide bonds. The minimum atomic E-state index is -3.34. The minimum Gasteiger partial charge on any atom is -0.303 e. The minimum absolute atomic E-state index is 0.216. The van der Waals surface area contributed by atoms with Crippen LogP contribution in [0.15, 0.2) is 27.9 Å². The number of hydrogen-bond acceptors (Lipinski definition) is 6. The lowest BCUT2D eigenvalue weighted by Crippen LogP contribution is -2.38. The maximum atomic E-state index is 12.5. The highest BCUT2D eigenvalue weighted by atomic mass is 32.2. The van der Waals surface area contributed by atoms with Crippen LogP contribution in [0.5, 0.6) is 0 Å². The van der Waals surface area contributed by atoms with E-state index in [0.717, 1.165) is 25.1 Å². The van der Waals surface area contributed by atoms with Crippen molar-refractivity contribution < 1.29 is 8.42 Å². The van der Waals surface area contributed by atoms with Gasteiger partial charge in [0.2, 0.25) is 0 Å². The first-order valence-corrected chi connectivity index (χ1v) is 9.88. The van der Waals surface area contributed by atoms with E-state index in [0.29, 0.717) is 17.3 Å². The van der Waals surface area contributed by atoms with Crippen molar-refractivity contribution in [1.29, 1.82) is 0 Å². The monoisotopic (exact) mass is 355 g/mol. The number of aromatic nitrogens is 3. The molecular formula is C14H21N5O2S2. The molecule has 7 nitrogen and oxygen atoms in total. The lowest BCUT2D eigenvalue weighted by Gasteiger charge is -2.30. The van der Waals surface area contributed by atoms with Crippen LogP contribution in [0.1, 0.15) is 24.6 Å².